The molecule has 0 radical (unpaired) electrons. The van der Waals surface area contributed by atoms with Gasteiger partial charge in [-0.25, -0.2) is 0 Å². The number of carbonyl (C=O) groups excluding carboxylic acids is 3. The maximum Gasteiger partial charge on any atom is 0.446 e. The molecule has 0 aliphatic rings. The van der Waals surface area contributed by atoms with Crippen LogP contribution in [0.4, 0.5) is 26.3 Å². The number of carbonyl (C=O) groups is 3. The van der Waals surface area contributed by atoms with Crippen molar-refractivity contribution < 1.29 is 79.6 Å². The summed E-state index contributed by atoms with van der Waals surface area (Å²) < 4.78 is 167. The van der Waals surface area contributed by atoms with Crippen molar-refractivity contribution in [1.82, 2.24) is 20.9 Å². The maximum atomic E-state index is 13.2. The molecule has 0 unspecified atom stereocenters. The minimum Gasteiger partial charge on any atom is -0.349 e. The van der Waals surface area contributed by atoms with Crippen molar-refractivity contribution in [3.63, 3.8) is 0 Å². The fourth-order valence-electron chi connectivity index (χ4n) is 1.98. The molecule has 0 saturated carbocycles. The molecule has 0 aliphatic carbocycles. The van der Waals surface area contributed by atoms with Gasteiger partial charge in [0.25, 0.3) is 0 Å². The Bertz CT molecular complexity index is 1050. The normalized spacial score (nSPS) is 13.8. The molecule has 3 amide bonds. The lowest BCUT2D eigenvalue weighted by Gasteiger charge is -2.24. The smallest absolute Gasteiger partial charge is 0.349 e. The summed E-state index contributed by atoms with van der Waals surface area (Å²) in [5.74, 6) is -7.59. The van der Waals surface area contributed by atoms with Crippen molar-refractivity contribution >= 4 is 48.1 Å². The van der Waals surface area contributed by atoms with Crippen LogP contribution >= 0.6 is 0 Å². The number of hydrogen-bond acceptors (Lipinski definition) is 10. The lowest BCUT2D eigenvalue weighted by molar-refractivity contribution is -0.136. The molecular weight excluding hydrogens is 602 g/mol. The quantitative estimate of drug-likeness (QED) is 0.0794. The Morgan fingerprint density at radius 2 is 0.730 bits per heavy atom. The molecule has 0 aromatic heterocycles. The number of hydrogen-bond donors (Lipinski definition) is 6. The second-order valence-electron chi connectivity index (χ2n) is 6.58. The lowest BCUT2D eigenvalue weighted by Crippen LogP contribution is -2.51. The van der Waals surface area contributed by atoms with Gasteiger partial charge in [-0.3, -0.25) is 32.9 Å². The minimum atomic E-state index is -6.19. The van der Waals surface area contributed by atoms with Crippen LogP contribution < -0.4 is 16.0 Å². The molecule has 25 heteroatoms. The molecule has 0 saturated heterocycles. The summed E-state index contributed by atoms with van der Waals surface area (Å²) in [4.78, 5) is 34.6. The Kier molecular flexibility index (Phi) is 11.3. The van der Waals surface area contributed by atoms with Gasteiger partial charge in [0.1, 0.15) is 0 Å². The van der Waals surface area contributed by atoms with E-state index in [1.807, 2.05) is 0 Å². The van der Waals surface area contributed by atoms with Crippen molar-refractivity contribution in [2.75, 3.05) is 39.3 Å². The zero-order valence-corrected chi connectivity index (χ0v) is 20.1. The molecule has 0 rings (SSSR count). The summed E-state index contributed by atoms with van der Waals surface area (Å²) in [7, 11) is -18.6. The van der Waals surface area contributed by atoms with E-state index in [-0.39, 0.29) is 0 Å². The fraction of sp³-hybridized carbons (Fsp3) is 0.750. The van der Waals surface area contributed by atoms with Gasteiger partial charge in [0.05, 0.1) is 0 Å². The van der Waals surface area contributed by atoms with Crippen LogP contribution in [0, 0.1) is 0 Å². The van der Waals surface area contributed by atoms with Crippen molar-refractivity contribution in [1.29, 1.82) is 0 Å². The highest BCUT2D eigenvalue weighted by molar-refractivity contribution is 7.88. The van der Waals surface area contributed by atoms with Gasteiger partial charge in [-0.2, -0.15) is 51.6 Å². The number of halogens is 6. The second-order valence-corrected chi connectivity index (χ2v) is 11.0. The number of amides is 3. The monoisotopic (exact) mass is 620 g/mol. The molecule has 218 valence electrons. The van der Waals surface area contributed by atoms with E-state index in [0.29, 0.717) is 0 Å². The fourth-order valence-corrected chi connectivity index (χ4v) is 2.90. The third-order valence-corrected chi connectivity index (χ3v) is 6.41. The zero-order valence-electron chi connectivity index (χ0n) is 17.7. The van der Waals surface area contributed by atoms with E-state index in [0.717, 1.165) is 4.90 Å². The van der Waals surface area contributed by atoms with Crippen LogP contribution in [0.5, 0.6) is 0 Å². The van der Waals surface area contributed by atoms with Crippen LogP contribution in [0.15, 0.2) is 0 Å². The van der Waals surface area contributed by atoms with Gasteiger partial charge in [-0.05, 0) is 0 Å². The first-order chi connectivity index (χ1) is 16.3. The summed E-state index contributed by atoms with van der Waals surface area (Å²) in [5.41, 5.74) is 0. The Labute approximate surface area is 204 Å². The van der Waals surface area contributed by atoms with E-state index in [9.17, 15) is 66.0 Å². The molecule has 0 aromatic carbocycles. The molecule has 0 bridgehead atoms. The van der Waals surface area contributed by atoms with Crippen LogP contribution in [0.25, 0.3) is 0 Å². The van der Waals surface area contributed by atoms with Crippen LogP contribution in [0.2, 0.25) is 0 Å². The van der Waals surface area contributed by atoms with E-state index in [2.05, 4.69) is 0 Å². The largest absolute Gasteiger partial charge is 0.446 e. The maximum absolute atomic E-state index is 13.2. The molecular formula is C12H18F6N4O12S3. The molecule has 37 heavy (non-hydrogen) atoms. The zero-order chi connectivity index (χ0) is 29.7. The molecule has 0 heterocycles. The Hall–Kier alpha value is -2.32. The summed E-state index contributed by atoms with van der Waals surface area (Å²) in [5, 5.41) is -11.9. The van der Waals surface area contributed by atoms with E-state index >= 15 is 0 Å². The number of nitrogens with zero attached hydrogens (tertiary/aromatic N) is 1. The Morgan fingerprint density at radius 3 is 0.892 bits per heavy atom. The predicted molar refractivity (Wildman–Crippen MR) is 105 cm³/mol. The third kappa shape index (κ3) is 9.18. The molecule has 0 aromatic rings. The van der Waals surface area contributed by atoms with Crippen molar-refractivity contribution in [2.45, 2.75) is 15.8 Å². The predicted octanol–water partition coefficient (Wildman–Crippen LogP) is -2.92. The van der Waals surface area contributed by atoms with Crippen LogP contribution in [-0.4, -0.2) is 117 Å². The average molecular weight is 620 g/mol. The van der Waals surface area contributed by atoms with E-state index in [4.69, 9.17) is 13.7 Å². The van der Waals surface area contributed by atoms with Crippen LogP contribution in [0.1, 0.15) is 0 Å². The van der Waals surface area contributed by atoms with Crippen LogP contribution in [-0.2, 0) is 44.7 Å². The van der Waals surface area contributed by atoms with Gasteiger partial charge >= 0.3 is 63.8 Å². The van der Waals surface area contributed by atoms with Gasteiger partial charge in [-0.1, -0.05) is 0 Å². The van der Waals surface area contributed by atoms with Gasteiger partial charge in [0, 0.05) is 39.3 Å². The first-order valence-corrected chi connectivity index (χ1v) is 13.2. The lowest BCUT2D eigenvalue weighted by atomic mass is 10.4. The standard InChI is InChI=1S/C12H18F6N4O12S3/c13-10(14,35(26,27)28)7(23)19-1-4-22(5-2-20-8(24)11(15,16)36(29,30)31)6-3-21-9(25)12(17,18)37(32,33)34/h1-6H2,(H,19,23)(H,20,24)(H,21,25)(H,26,27,28)(H,29,30,31)(H,32,33,34). The summed E-state index contributed by atoms with van der Waals surface area (Å²) in [6.45, 7) is -4.84. The molecule has 0 aliphatic heterocycles. The highest BCUT2D eigenvalue weighted by Crippen LogP contribution is 2.21. The number of alkyl halides is 6. The molecule has 0 fully saturated rings. The summed E-state index contributed by atoms with van der Waals surface area (Å²) in [6.07, 6.45) is 0. The molecule has 0 atom stereocenters. The van der Waals surface area contributed by atoms with E-state index in [1.165, 1.54) is 16.0 Å². The first-order valence-electron chi connectivity index (χ1n) is 8.92. The van der Waals surface area contributed by atoms with Gasteiger partial charge in [-0.15, -0.1) is 0 Å². The topological polar surface area (TPSA) is 254 Å². The highest BCUT2D eigenvalue weighted by atomic mass is 32.2. The summed E-state index contributed by atoms with van der Waals surface area (Å²) >= 11 is 0. The molecule has 16 nitrogen and oxygen atoms in total. The van der Waals surface area contributed by atoms with Crippen LogP contribution in [0.3, 0.4) is 0 Å². The SMILES string of the molecule is O=C(NCCN(CCNC(=O)C(F)(F)S(=O)(=O)O)CCNC(=O)C(F)(F)S(=O)(=O)O)C(F)(F)S(=O)(=O)O. The van der Waals surface area contributed by atoms with Gasteiger partial charge < -0.3 is 16.0 Å². The van der Waals surface area contributed by atoms with Crippen molar-refractivity contribution in [3.05, 3.63) is 0 Å². The van der Waals surface area contributed by atoms with Gasteiger partial charge in [0.15, 0.2) is 0 Å². The number of rotatable bonds is 15. The second kappa shape index (κ2) is 12.0. The number of nitrogens with one attached hydrogen (secondary N) is 3. The first kappa shape index (κ1) is 34.7. The average Bonchev–Trinajstić information content (AvgIpc) is 2.70. The van der Waals surface area contributed by atoms with E-state index < -0.39 is 103 Å². The minimum absolute atomic E-state index is 0.692. The van der Waals surface area contributed by atoms with E-state index in [1.54, 1.807) is 0 Å². The Morgan fingerprint density at radius 1 is 0.541 bits per heavy atom. The van der Waals surface area contributed by atoms with Crippen molar-refractivity contribution in [2.24, 2.45) is 0 Å². The Balaban J connectivity index is 5.29. The van der Waals surface area contributed by atoms with Gasteiger partial charge in [0.2, 0.25) is 0 Å². The summed E-state index contributed by atoms with van der Waals surface area (Å²) in [6, 6.07) is 0. The highest BCUT2D eigenvalue weighted by Gasteiger charge is 2.53. The molecule has 0 spiro atoms. The molecule has 6 N–H and O–H groups in total. The van der Waals surface area contributed by atoms with Crippen molar-refractivity contribution in [3.8, 4) is 0 Å². The third-order valence-electron chi connectivity index (χ3n) is 3.91.